The van der Waals surface area contributed by atoms with E-state index in [1.165, 1.54) is 0 Å². The van der Waals surface area contributed by atoms with E-state index in [0.717, 1.165) is 25.8 Å². The van der Waals surface area contributed by atoms with Crippen LogP contribution in [0.4, 0.5) is 0 Å². The number of unbranched alkanes of at least 4 members (excludes halogenated alkanes) is 1. The van der Waals surface area contributed by atoms with Crippen molar-refractivity contribution in [2.45, 2.75) is 43.5 Å². The van der Waals surface area contributed by atoms with Gasteiger partial charge in [-0.3, -0.25) is 24.2 Å². The van der Waals surface area contributed by atoms with Crippen LogP contribution in [0.25, 0.3) is 0 Å². The molecule has 0 spiro atoms. The Bertz CT molecular complexity index is 976. The van der Waals surface area contributed by atoms with E-state index < -0.39 is 16.1 Å². The smallest absolute Gasteiger partial charge is 0.263 e. The Balaban J connectivity index is 1.76. The maximum atomic E-state index is 13.4. The van der Waals surface area contributed by atoms with Crippen molar-refractivity contribution in [2.75, 3.05) is 46.8 Å². The summed E-state index contributed by atoms with van der Waals surface area (Å²) in [6.45, 7) is 4.89. The lowest BCUT2D eigenvalue weighted by Gasteiger charge is -2.25. The quantitative estimate of drug-likeness (QED) is 0.648. The highest BCUT2D eigenvalue weighted by Crippen LogP contribution is 2.23. The molecule has 3 rings (SSSR count). The number of hydrogen-bond acceptors (Lipinski definition) is 6. The molecule has 9 nitrogen and oxygen atoms in total. The molecular weight excluding hydrogens is 430 g/mol. The van der Waals surface area contributed by atoms with Gasteiger partial charge < -0.3 is 9.80 Å². The van der Waals surface area contributed by atoms with E-state index in [-0.39, 0.29) is 22.5 Å². The fourth-order valence-electron chi connectivity index (χ4n) is 3.92. The molecule has 1 saturated heterocycles. The van der Waals surface area contributed by atoms with Gasteiger partial charge in [-0.15, -0.1) is 0 Å². The van der Waals surface area contributed by atoms with Crippen LogP contribution in [0.1, 0.15) is 38.2 Å². The summed E-state index contributed by atoms with van der Waals surface area (Å²) >= 11 is 0. The third kappa shape index (κ3) is 5.66. The molecule has 0 aliphatic carbocycles. The lowest BCUT2D eigenvalue weighted by Crippen LogP contribution is -2.42. The highest BCUT2D eigenvalue weighted by Gasteiger charge is 2.33. The zero-order valence-corrected chi connectivity index (χ0v) is 19.9. The second kappa shape index (κ2) is 10.4. The number of amidine groups is 1. The summed E-state index contributed by atoms with van der Waals surface area (Å²) < 4.78 is 27.4. The number of carbonyl (C=O) groups is 2. The summed E-state index contributed by atoms with van der Waals surface area (Å²) in [5, 5.41) is 0. The normalized spacial score (nSPS) is 20.3. The molecule has 0 aromatic heterocycles. The fraction of sp³-hybridized carbons (Fsp3) is 0.591. The molecular formula is C22H33N5O4S. The maximum absolute atomic E-state index is 13.4. The molecule has 1 aromatic rings. The minimum Gasteiger partial charge on any atom is -0.348 e. The van der Waals surface area contributed by atoms with Crippen molar-refractivity contribution < 1.29 is 18.0 Å². The van der Waals surface area contributed by atoms with Crippen LogP contribution in [0.2, 0.25) is 0 Å². The molecule has 2 heterocycles. The van der Waals surface area contributed by atoms with E-state index in [0.29, 0.717) is 38.2 Å². The van der Waals surface area contributed by atoms with Gasteiger partial charge in [0.2, 0.25) is 11.8 Å². The molecule has 1 fully saturated rings. The van der Waals surface area contributed by atoms with Crippen molar-refractivity contribution in [2.24, 2.45) is 4.99 Å². The highest BCUT2D eigenvalue weighted by atomic mass is 32.2. The molecule has 2 amide bonds. The van der Waals surface area contributed by atoms with Crippen molar-refractivity contribution in [3.05, 3.63) is 29.8 Å². The van der Waals surface area contributed by atoms with Gasteiger partial charge in [0.1, 0.15) is 11.9 Å². The summed E-state index contributed by atoms with van der Waals surface area (Å²) in [7, 11) is -0.174. The van der Waals surface area contributed by atoms with Crippen LogP contribution in [0, 0.1) is 0 Å². The molecule has 1 aromatic carbocycles. The lowest BCUT2D eigenvalue weighted by molar-refractivity contribution is -0.132. The maximum Gasteiger partial charge on any atom is 0.263 e. The molecule has 2 aliphatic rings. The van der Waals surface area contributed by atoms with Crippen molar-refractivity contribution in [3.8, 4) is 0 Å². The molecule has 32 heavy (non-hydrogen) atoms. The van der Waals surface area contributed by atoms with E-state index >= 15 is 0 Å². The number of fused-ring (bicyclic) bond motifs is 1. The first kappa shape index (κ1) is 24.2. The van der Waals surface area contributed by atoms with Crippen LogP contribution in [-0.4, -0.2) is 93.6 Å². The van der Waals surface area contributed by atoms with Gasteiger partial charge in [0.05, 0.1) is 11.4 Å². The number of rotatable bonds is 7. The van der Waals surface area contributed by atoms with Gasteiger partial charge in [-0.1, -0.05) is 31.9 Å². The first-order valence-electron chi connectivity index (χ1n) is 11.1. The molecule has 1 N–H and O–H groups in total. The van der Waals surface area contributed by atoms with Gasteiger partial charge >= 0.3 is 0 Å². The van der Waals surface area contributed by atoms with Crippen LogP contribution in [0.3, 0.4) is 0 Å². The third-order valence-corrected chi connectivity index (χ3v) is 7.22. The van der Waals surface area contributed by atoms with E-state index in [2.05, 4.69) is 14.6 Å². The van der Waals surface area contributed by atoms with Gasteiger partial charge in [0, 0.05) is 45.8 Å². The molecule has 0 bridgehead atoms. The number of sulfonamides is 1. The van der Waals surface area contributed by atoms with Gasteiger partial charge in [0.15, 0.2) is 0 Å². The predicted octanol–water partition coefficient (Wildman–Crippen LogP) is 0.906. The zero-order chi connectivity index (χ0) is 23.3. The first-order chi connectivity index (χ1) is 15.2. The van der Waals surface area contributed by atoms with Crippen LogP contribution in [0.5, 0.6) is 0 Å². The number of hydrogen-bond donors (Lipinski definition) is 1. The second-order valence-corrected chi connectivity index (χ2v) is 10.1. The van der Waals surface area contributed by atoms with Crippen LogP contribution >= 0.6 is 0 Å². The van der Waals surface area contributed by atoms with Crippen LogP contribution < -0.4 is 4.72 Å². The Morgan fingerprint density at radius 3 is 2.62 bits per heavy atom. The average molecular weight is 464 g/mol. The summed E-state index contributed by atoms with van der Waals surface area (Å²) in [6, 6.07) is 6.04. The number of amides is 2. The monoisotopic (exact) mass is 463 g/mol. The van der Waals surface area contributed by atoms with Crippen LogP contribution in [0.15, 0.2) is 34.2 Å². The summed E-state index contributed by atoms with van der Waals surface area (Å²) in [6.07, 6.45) is 3.07. The van der Waals surface area contributed by atoms with Crippen molar-refractivity contribution in [1.29, 1.82) is 0 Å². The predicted molar refractivity (Wildman–Crippen MR) is 123 cm³/mol. The Morgan fingerprint density at radius 1 is 1.16 bits per heavy atom. The molecule has 1 atom stereocenters. The Labute approximate surface area is 190 Å². The topological polar surface area (TPSA) is 102 Å². The van der Waals surface area contributed by atoms with E-state index in [1.54, 1.807) is 48.2 Å². The molecule has 10 heteroatoms. The molecule has 2 aliphatic heterocycles. The second-order valence-electron chi connectivity index (χ2n) is 8.48. The molecule has 0 saturated carbocycles. The molecule has 0 unspecified atom stereocenters. The van der Waals surface area contributed by atoms with Crippen molar-refractivity contribution >= 4 is 27.7 Å². The standard InChI is InChI=1S/C22H33N5O4S/c1-4-5-10-18(23-21-17-9-6-7-11-19(17)32(30,31)24-21)22(29)27-13-8-12-26(14-15-27)16-20(28)25(2)3/h6-7,9,11,18H,4-5,8,10,12-16H2,1-3H3,(H,23,24)/t18-/m0/s1. The summed E-state index contributed by atoms with van der Waals surface area (Å²) in [4.78, 5) is 35.7. The summed E-state index contributed by atoms with van der Waals surface area (Å²) in [5.74, 6) is 0.197. The van der Waals surface area contributed by atoms with Crippen molar-refractivity contribution in [1.82, 2.24) is 19.4 Å². The Hall–Kier alpha value is -2.46. The van der Waals surface area contributed by atoms with Gasteiger partial charge in [-0.05, 0) is 25.0 Å². The number of benzene rings is 1. The number of nitrogens with zero attached hydrogens (tertiary/aromatic N) is 4. The molecule has 176 valence electrons. The number of carbonyl (C=O) groups excluding carboxylic acids is 2. The largest absolute Gasteiger partial charge is 0.348 e. The van der Waals surface area contributed by atoms with E-state index in [4.69, 9.17) is 0 Å². The number of likely N-dealkylation sites (N-methyl/N-ethyl adjacent to an activating group) is 1. The third-order valence-electron chi connectivity index (χ3n) is 5.82. The number of nitrogens with one attached hydrogen (secondary N) is 1. The SMILES string of the molecule is CCCC[C@H](N=C1NS(=O)(=O)c2ccccc21)C(=O)N1CCCN(CC(=O)N(C)C)CC1. The summed E-state index contributed by atoms with van der Waals surface area (Å²) in [5.41, 5.74) is 0.506. The Kier molecular flexibility index (Phi) is 7.89. The van der Waals surface area contributed by atoms with E-state index in [9.17, 15) is 18.0 Å². The van der Waals surface area contributed by atoms with Crippen LogP contribution in [-0.2, 0) is 19.6 Å². The Morgan fingerprint density at radius 2 is 1.91 bits per heavy atom. The average Bonchev–Trinajstić information content (AvgIpc) is 2.89. The highest BCUT2D eigenvalue weighted by molar-refractivity contribution is 7.90. The minimum absolute atomic E-state index is 0.0455. The fourth-order valence-corrected chi connectivity index (χ4v) is 5.16. The van der Waals surface area contributed by atoms with Gasteiger partial charge in [-0.25, -0.2) is 8.42 Å². The van der Waals surface area contributed by atoms with E-state index in [1.807, 2.05) is 6.92 Å². The van der Waals surface area contributed by atoms with Gasteiger partial charge in [-0.2, -0.15) is 0 Å². The lowest BCUT2D eigenvalue weighted by atomic mass is 10.1. The molecule has 0 radical (unpaired) electrons. The van der Waals surface area contributed by atoms with Gasteiger partial charge in [0.25, 0.3) is 10.0 Å². The zero-order valence-electron chi connectivity index (χ0n) is 19.1. The van der Waals surface area contributed by atoms with Crippen molar-refractivity contribution in [3.63, 3.8) is 0 Å². The number of aliphatic imine (C=N–C) groups is 1. The minimum atomic E-state index is -3.65. The first-order valence-corrected chi connectivity index (χ1v) is 12.6.